The fourth-order valence-corrected chi connectivity index (χ4v) is 5.97. The Bertz CT molecular complexity index is 1470. The summed E-state index contributed by atoms with van der Waals surface area (Å²) in [7, 11) is 7.06. The van der Waals surface area contributed by atoms with Gasteiger partial charge in [-0.05, 0) is 81.4 Å². The largest absolute Gasteiger partial charge is 0.497 e. The van der Waals surface area contributed by atoms with Gasteiger partial charge in [0.05, 0.1) is 52.9 Å². The Labute approximate surface area is 260 Å². The van der Waals surface area contributed by atoms with Crippen molar-refractivity contribution in [2.45, 2.75) is 44.9 Å². The van der Waals surface area contributed by atoms with Gasteiger partial charge in [-0.25, -0.2) is 0 Å². The predicted molar refractivity (Wildman–Crippen MR) is 171 cm³/mol. The number of carbonyl (C=O) groups excluding carboxylic acids is 1. The van der Waals surface area contributed by atoms with Crippen molar-refractivity contribution in [1.82, 2.24) is 10.2 Å². The molecule has 0 bridgehead atoms. The summed E-state index contributed by atoms with van der Waals surface area (Å²) in [6.07, 6.45) is 0.992. The second-order valence-electron chi connectivity index (χ2n) is 11.4. The maximum atomic E-state index is 13.1. The number of amides is 1. The average Bonchev–Trinajstić information content (AvgIpc) is 3.04. The lowest BCUT2D eigenvalue weighted by Gasteiger charge is -2.39. The molecule has 0 saturated carbocycles. The van der Waals surface area contributed by atoms with Crippen molar-refractivity contribution in [1.29, 1.82) is 0 Å². The minimum absolute atomic E-state index is 0.153. The van der Waals surface area contributed by atoms with Gasteiger partial charge in [-0.2, -0.15) is 0 Å². The summed E-state index contributed by atoms with van der Waals surface area (Å²) in [5.74, 6) is 3.00. The summed E-state index contributed by atoms with van der Waals surface area (Å²) in [6.45, 7) is 7.16. The van der Waals surface area contributed by atoms with Gasteiger partial charge in [-0.3, -0.25) is 9.79 Å². The Morgan fingerprint density at radius 1 is 1.00 bits per heavy atom. The summed E-state index contributed by atoms with van der Waals surface area (Å²) in [5.41, 5.74) is 5.70. The van der Waals surface area contributed by atoms with Crippen LogP contribution in [-0.2, 0) is 11.3 Å². The van der Waals surface area contributed by atoms with Crippen molar-refractivity contribution in [2.24, 2.45) is 4.99 Å². The highest BCUT2D eigenvalue weighted by molar-refractivity contribution is 6.15. The number of hydrogen-bond donors (Lipinski definition) is 1. The van der Waals surface area contributed by atoms with Gasteiger partial charge in [0.1, 0.15) is 11.5 Å². The van der Waals surface area contributed by atoms with E-state index in [1.165, 1.54) is 5.56 Å². The van der Waals surface area contributed by atoms with Gasteiger partial charge in [0.2, 0.25) is 0 Å². The maximum Gasteiger partial charge on any atom is 0.251 e. The Hall–Kier alpha value is -4.08. The molecule has 0 aliphatic carbocycles. The second kappa shape index (κ2) is 14.1. The molecule has 5 rings (SSSR count). The first-order chi connectivity index (χ1) is 21.3. The molecular weight excluding hydrogens is 558 g/mol. The zero-order valence-corrected chi connectivity index (χ0v) is 26.5. The molecule has 234 valence electrons. The Morgan fingerprint density at radius 2 is 1.73 bits per heavy atom. The van der Waals surface area contributed by atoms with Crippen LogP contribution in [0.2, 0.25) is 0 Å². The molecule has 2 aliphatic heterocycles. The third kappa shape index (κ3) is 7.00. The lowest BCUT2D eigenvalue weighted by atomic mass is 9.79. The zero-order valence-electron chi connectivity index (χ0n) is 26.5. The molecule has 1 amide bonds. The fourth-order valence-electron chi connectivity index (χ4n) is 5.97. The van der Waals surface area contributed by atoms with Crippen LogP contribution in [0.1, 0.15) is 58.8 Å². The van der Waals surface area contributed by atoms with E-state index < -0.39 is 0 Å². The molecule has 0 aromatic heterocycles. The number of fused-ring (bicyclic) bond motifs is 3. The van der Waals surface area contributed by atoms with Crippen LogP contribution < -0.4 is 24.3 Å². The summed E-state index contributed by atoms with van der Waals surface area (Å²) in [6, 6.07) is 17.5. The first-order valence-electron chi connectivity index (χ1n) is 15.2. The van der Waals surface area contributed by atoms with Gasteiger partial charge in [-0.15, -0.1) is 0 Å². The molecule has 44 heavy (non-hydrogen) atoms. The SMILES string of the molecule is CCOc1cc2c(cc1OC)C(c1ccc(C(=O)N[C@@H](C)COCc3cc(OC)cc(OC)c3)cc1)=N[C@@H]1CCN(C)C[C@H]21. The molecule has 1 saturated heterocycles. The number of carbonyl (C=O) groups is 1. The van der Waals surface area contributed by atoms with Crippen LogP contribution in [0, 0.1) is 0 Å². The maximum absolute atomic E-state index is 13.1. The van der Waals surface area contributed by atoms with Gasteiger partial charge in [0, 0.05) is 41.3 Å². The van der Waals surface area contributed by atoms with Gasteiger partial charge in [0.15, 0.2) is 11.5 Å². The van der Waals surface area contributed by atoms with Crippen molar-refractivity contribution in [3.63, 3.8) is 0 Å². The summed E-state index contributed by atoms with van der Waals surface area (Å²) < 4.78 is 28.2. The third-order valence-corrected chi connectivity index (χ3v) is 8.21. The van der Waals surface area contributed by atoms with E-state index in [0.29, 0.717) is 42.6 Å². The lowest BCUT2D eigenvalue weighted by molar-refractivity contribution is 0.0819. The number of benzene rings is 3. The third-order valence-electron chi connectivity index (χ3n) is 8.21. The van der Waals surface area contributed by atoms with Crippen LogP contribution in [-0.4, -0.2) is 83.3 Å². The highest BCUT2D eigenvalue weighted by atomic mass is 16.5. The number of ether oxygens (including phenoxy) is 5. The van der Waals surface area contributed by atoms with E-state index in [2.05, 4.69) is 23.3 Å². The minimum Gasteiger partial charge on any atom is -0.497 e. The van der Waals surface area contributed by atoms with Crippen LogP contribution in [0.25, 0.3) is 0 Å². The number of rotatable bonds is 12. The number of hydrogen-bond acceptors (Lipinski definition) is 8. The van der Waals surface area contributed by atoms with Crippen LogP contribution >= 0.6 is 0 Å². The summed E-state index contributed by atoms with van der Waals surface area (Å²) in [4.78, 5) is 20.7. The van der Waals surface area contributed by atoms with E-state index >= 15 is 0 Å². The first kappa shape index (κ1) is 31.3. The molecule has 3 aromatic rings. The van der Waals surface area contributed by atoms with E-state index in [1.54, 1.807) is 21.3 Å². The van der Waals surface area contributed by atoms with Gasteiger partial charge in [-0.1, -0.05) is 12.1 Å². The van der Waals surface area contributed by atoms with E-state index in [9.17, 15) is 4.79 Å². The number of methoxy groups -OCH3 is 3. The van der Waals surface area contributed by atoms with Gasteiger partial charge < -0.3 is 33.9 Å². The molecule has 0 spiro atoms. The molecule has 3 atom stereocenters. The molecule has 0 radical (unpaired) electrons. The molecule has 3 aromatic carbocycles. The van der Waals surface area contributed by atoms with Crippen molar-refractivity contribution < 1.29 is 28.5 Å². The Kier molecular flexibility index (Phi) is 10.1. The van der Waals surface area contributed by atoms with Gasteiger partial charge >= 0.3 is 0 Å². The van der Waals surface area contributed by atoms with Crippen LogP contribution in [0.15, 0.2) is 59.6 Å². The number of nitrogens with one attached hydrogen (secondary N) is 1. The molecule has 1 fully saturated rings. The molecular formula is C35H43N3O6. The topological polar surface area (TPSA) is 90.9 Å². The molecule has 9 nitrogen and oxygen atoms in total. The number of piperidine rings is 1. The van der Waals surface area contributed by atoms with E-state index in [0.717, 1.165) is 47.7 Å². The Morgan fingerprint density at radius 3 is 2.39 bits per heavy atom. The second-order valence-corrected chi connectivity index (χ2v) is 11.4. The van der Waals surface area contributed by atoms with Crippen LogP contribution in [0.4, 0.5) is 0 Å². The summed E-state index contributed by atoms with van der Waals surface area (Å²) in [5, 5.41) is 3.04. The zero-order chi connectivity index (χ0) is 31.2. The van der Waals surface area contributed by atoms with Crippen LogP contribution in [0.3, 0.4) is 0 Å². The predicted octanol–water partition coefficient (Wildman–Crippen LogP) is 5.08. The van der Waals surface area contributed by atoms with Crippen molar-refractivity contribution in [3.8, 4) is 23.0 Å². The van der Waals surface area contributed by atoms with E-state index in [-0.39, 0.29) is 23.9 Å². The smallest absolute Gasteiger partial charge is 0.251 e. The highest BCUT2D eigenvalue weighted by Crippen LogP contribution is 2.42. The highest BCUT2D eigenvalue weighted by Gasteiger charge is 2.36. The number of likely N-dealkylation sites (tertiary alicyclic amines) is 1. The molecule has 2 heterocycles. The van der Waals surface area contributed by atoms with E-state index in [4.69, 9.17) is 28.7 Å². The van der Waals surface area contributed by atoms with Crippen LogP contribution in [0.5, 0.6) is 23.0 Å². The quantitative estimate of drug-likeness (QED) is 0.310. The standard InChI is InChI=1S/C35H43N3O6/c1-7-44-33-17-28-29(18-32(33)42-6)34(37-31-12-13-38(3)19-30(28)31)24-8-10-25(11-9-24)35(39)36-22(2)20-43-21-23-14-26(40-4)16-27(15-23)41-5/h8-11,14-18,22,30-31H,7,12-13,19-21H2,1-6H3,(H,36,39)/t22-,30+,31+/m0/s1. The van der Waals surface area contributed by atoms with E-state index in [1.807, 2.05) is 62.4 Å². The average molecular weight is 602 g/mol. The normalized spacial score (nSPS) is 18.4. The molecule has 2 aliphatic rings. The van der Waals surface area contributed by atoms with Crippen molar-refractivity contribution >= 4 is 11.6 Å². The van der Waals surface area contributed by atoms with Gasteiger partial charge in [0.25, 0.3) is 5.91 Å². The molecule has 9 heteroatoms. The monoisotopic (exact) mass is 601 g/mol. The Balaban J connectivity index is 1.28. The molecule has 1 N–H and O–H groups in total. The minimum atomic E-state index is -0.183. The first-order valence-corrected chi connectivity index (χ1v) is 15.2. The number of likely N-dealkylation sites (N-methyl/N-ethyl adjacent to an activating group) is 1. The fraction of sp³-hybridized carbons (Fsp3) is 0.429. The molecule has 0 unspecified atom stereocenters. The van der Waals surface area contributed by atoms with Crippen molar-refractivity contribution in [2.75, 3.05) is 54.7 Å². The summed E-state index contributed by atoms with van der Waals surface area (Å²) >= 11 is 0. The lowest BCUT2D eigenvalue weighted by Crippen LogP contribution is -2.41. The number of aliphatic imine (C=N–C) groups is 1. The number of nitrogens with zero attached hydrogens (tertiary/aromatic N) is 2. The van der Waals surface area contributed by atoms with Crippen molar-refractivity contribution in [3.05, 3.63) is 82.4 Å².